The second-order valence-corrected chi connectivity index (χ2v) is 8.61. The quantitative estimate of drug-likeness (QED) is 0.333. The predicted molar refractivity (Wildman–Crippen MR) is 118 cm³/mol. The van der Waals surface area contributed by atoms with Crippen LogP contribution in [0.1, 0.15) is 101 Å². The van der Waals surface area contributed by atoms with Gasteiger partial charge in [-0.15, -0.1) is 0 Å². The van der Waals surface area contributed by atoms with Crippen molar-refractivity contribution in [2.24, 2.45) is 0 Å². The maximum Gasteiger partial charge on any atom is 0.338 e. The molecular formula is C25H39NO3. The van der Waals surface area contributed by atoms with Gasteiger partial charge in [0, 0.05) is 18.5 Å². The number of carbonyl (C=O) groups is 2. The number of esters is 1. The molecule has 1 saturated heterocycles. The summed E-state index contributed by atoms with van der Waals surface area (Å²) < 4.78 is 5.73. The van der Waals surface area contributed by atoms with E-state index < -0.39 is 0 Å². The Kier molecular flexibility index (Phi) is 11.0. The van der Waals surface area contributed by atoms with Gasteiger partial charge >= 0.3 is 5.97 Å². The predicted octanol–water partition coefficient (Wildman–Crippen LogP) is 5.84. The van der Waals surface area contributed by atoms with Gasteiger partial charge in [0.05, 0.1) is 5.56 Å². The van der Waals surface area contributed by atoms with E-state index in [-0.39, 0.29) is 18.1 Å². The summed E-state index contributed by atoms with van der Waals surface area (Å²) in [7, 11) is 0. The molecule has 1 heterocycles. The van der Waals surface area contributed by atoms with E-state index in [1.807, 2.05) is 18.2 Å². The van der Waals surface area contributed by atoms with Gasteiger partial charge in [-0.05, 0) is 51.7 Å². The smallest absolute Gasteiger partial charge is 0.338 e. The van der Waals surface area contributed by atoms with Crippen molar-refractivity contribution in [2.75, 3.05) is 0 Å². The fourth-order valence-electron chi connectivity index (χ4n) is 4.17. The summed E-state index contributed by atoms with van der Waals surface area (Å²) in [5, 5.41) is 3.65. The fraction of sp³-hybridized carbons (Fsp3) is 0.680. The number of piperidine rings is 1. The number of ether oxygens (including phenoxy) is 1. The molecular weight excluding hydrogens is 362 g/mol. The van der Waals surface area contributed by atoms with Crippen molar-refractivity contribution in [3.63, 3.8) is 0 Å². The third-order valence-corrected chi connectivity index (χ3v) is 5.96. The van der Waals surface area contributed by atoms with E-state index in [1.165, 1.54) is 51.4 Å². The number of Topliss-reactive ketones (excluding diaryl/α,β-unsaturated/α-hetero) is 1. The Bertz CT molecular complexity index is 601. The lowest BCUT2D eigenvalue weighted by Crippen LogP contribution is -2.50. The monoisotopic (exact) mass is 401 g/mol. The summed E-state index contributed by atoms with van der Waals surface area (Å²) >= 11 is 0. The number of unbranched alkanes of at least 4 members (excludes halogenated alkanes) is 7. The molecule has 0 aromatic heterocycles. The highest BCUT2D eigenvalue weighted by Gasteiger charge is 2.29. The van der Waals surface area contributed by atoms with Gasteiger partial charge < -0.3 is 14.8 Å². The van der Waals surface area contributed by atoms with Crippen LogP contribution < -0.4 is 5.32 Å². The molecule has 0 unspecified atom stereocenters. The maximum absolute atomic E-state index is 12.3. The zero-order chi connectivity index (χ0) is 20.9. The van der Waals surface area contributed by atoms with Crippen LogP contribution in [0, 0.1) is 0 Å². The number of ketones is 1. The Morgan fingerprint density at radius 3 is 2.17 bits per heavy atom. The molecule has 29 heavy (non-hydrogen) atoms. The first-order valence-corrected chi connectivity index (χ1v) is 11.6. The van der Waals surface area contributed by atoms with E-state index in [2.05, 4.69) is 12.2 Å². The van der Waals surface area contributed by atoms with E-state index in [4.69, 9.17) is 4.74 Å². The minimum atomic E-state index is -0.219. The summed E-state index contributed by atoms with van der Waals surface area (Å²) in [6.45, 7) is 3.81. The van der Waals surface area contributed by atoms with Crippen LogP contribution >= 0.6 is 0 Å². The summed E-state index contributed by atoms with van der Waals surface area (Å²) in [5.74, 6) is 0.0975. The van der Waals surface area contributed by atoms with Crippen LogP contribution in [0.25, 0.3) is 0 Å². The zero-order valence-electron chi connectivity index (χ0n) is 18.3. The molecule has 2 rings (SSSR count). The lowest BCUT2D eigenvalue weighted by molar-refractivity contribution is -0.117. The summed E-state index contributed by atoms with van der Waals surface area (Å²) in [6, 6.07) is 9.99. The average molecular weight is 402 g/mol. The molecule has 1 aliphatic rings. The second-order valence-electron chi connectivity index (χ2n) is 8.61. The first-order valence-electron chi connectivity index (χ1n) is 11.6. The van der Waals surface area contributed by atoms with E-state index in [1.54, 1.807) is 19.1 Å². The third kappa shape index (κ3) is 9.58. The normalized spacial score (nSPS) is 21.7. The SMILES string of the molecule is CC(=O)CCCCCCCCCC[C@@H]1CC[C@@H](OC(=O)c2ccccc2)[C@@H](C)N1. The van der Waals surface area contributed by atoms with Gasteiger partial charge in [-0.25, -0.2) is 4.79 Å². The molecule has 0 amide bonds. The Balaban J connectivity index is 1.50. The van der Waals surface area contributed by atoms with E-state index in [0.29, 0.717) is 17.4 Å². The highest BCUT2D eigenvalue weighted by Crippen LogP contribution is 2.22. The van der Waals surface area contributed by atoms with Gasteiger partial charge in [0.15, 0.2) is 0 Å². The van der Waals surface area contributed by atoms with Crippen LogP contribution in [0.4, 0.5) is 0 Å². The van der Waals surface area contributed by atoms with Crippen molar-refractivity contribution in [3.8, 4) is 0 Å². The van der Waals surface area contributed by atoms with Gasteiger partial charge in [0.2, 0.25) is 0 Å². The van der Waals surface area contributed by atoms with E-state index in [9.17, 15) is 9.59 Å². The van der Waals surface area contributed by atoms with Crippen molar-refractivity contribution in [1.29, 1.82) is 0 Å². The maximum atomic E-state index is 12.3. The molecule has 0 saturated carbocycles. The lowest BCUT2D eigenvalue weighted by atomic mass is 9.93. The Morgan fingerprint density at radius 2 is 1.55 bits per heavy atom. The molecule has 1 aliphatic heterocycles. The molecule has 0 bridgehead atoms. The van der Waals surface area contributed by atoms with Crippen LogP contribution in [-0.4, -0.2) is 29.9 Å². The molecule has 4 nitrogen and oxygen atoms in total. The number of benzene rings is 1. The largest absolute Gasteiger partial charge is 0.457 e. The number of carbonyl (C=O) groups excluding carboxylic acids is 2. The number of rotatable bonds is 13. The molecule has 3 atom stereocenters. The molecule has 162 valence electrons. The van der Waals surface area contributed by atoms with Crippen molar-refractivity contribution >= 4 is 11.8 Å². The van der Waals surface area contributed by atoms with Gasteiger partial charge in [-0.3, -0.25) is 0 Å². The molecule has 1 fully saturated rings. The fourth-order valence-corrected chi connectivity index (χ4v) is 4.17. The Morgan fingerprint density at radius 1 is 0.931 bits per heavy atom. The highest BCUT2D eigenvalue weighted by molar-refractivity contribution is 5.89. The number of hydrogen-bond donors (Lipinski definition) is 1. The van der Waals surface area contributed by atoms with Crippen molar-refractivity contribution in [2.45, 2.75) is 109 Å². The lowest BCUT2D eigenvalue weighted by Gasteiger charge is -2.35. The number of hydrogen-bond acceptors (Lipinski definition) is 4. The topological polar surface area (TPSA) is 55.4 Å². The first-order chi connectivity index (χ1) is 14.1. The van der Waals surface area contributed by atoms with E-state index >= 15 is 0 Å². The van der Waals surface area contributed by atoms with Crippen LogP contribution in [0.15, 0.2) is 30.3 Å². The molecule has 1 N–H and O–H groups in total. The van der Waals surface area contributed by atoms with Gasteiger partial charge in [-0.2, -0.15) is 0 Å². The zero-order valence-corrected chi connectivity index (χ0v) is 18.3. The Labute approximate surface area is 176 Å². The van der Waals surface area contributed by atoms with Crippen molar-refractivity contribution in [1.82, 2.24) is 5.32 Å². The third-order valence-electron chi connectivity index (χ3n) is 5.96. The van der Waals surface area contributed by atoms with Crippen LogP contribution in [-0.2, 0) is 9.53 Å². The average Bonchev–Trinajstić information content (AvgIpc) is 2.71. The molecule has 1 aromatic rings. The van der Waals surface area contributed by atoms with Crippen molar-refractivity contribution in [3.05, 3.63) is 35.9 Å². The molecule has 0 aliphatic carbocycles. The summed E-state index contributed by atoms with van der Waals surface area (Å²) in [5.41, 5.74) is 0.626. The van der Waals surface area contributed by atoms with Crippen molar-refractivity contribution < 1.29 is 14.3 Å². The molecule has 0 radical (unpaired) electrons. The molecule has 1 aromatic carbocycles. The minimum absolute atomic E-state index is 0.0399. The number of nitrogens with one attached hydrogen (secondary N) is 1. The molecule has 0 spiro atoms. The molecule has 4 heteroatoms. The van der Waals surface area contributed by atoms with Crippen LogP contribution in [0.3, 0.4) is 0 Å². The van der Waals surface area contributed by atoms with Crippen LogP contribution in [0.5, 0.6) is 0 Å². The van der Waals surface area contributed by atoms with Gasteiger partial charge in [0.25, 0.3) is 0 Å². The highest BCUT2D eigenvalue weighted by atomic mass is 16.5. The summed E-state index contributed by atoms with van der Waals surface area (Å²) in [4.78, 5) is 23.2. The van der Waals surface area contributed by atoms with Gasteiger partial charge in [-0.1, -0.05) is 63.1 Å². The standard InChI is InChI=1S/C25H39NO3/c1-20(27)14-10-7-5-3-4-6-8-13-17-23-18-19-24(21(2)26-23)29-25(28)22-15-11-9-12-16-22/h9,11-12,15-16,21,23-24,26H,3-8,10,13-14,17-19H2,1-2H3/t21-,23-,24-/m1/s1. The first kappa shape index (κ1) is 23.6. The van der Waals surface area contributed by atoms with Crippen LogP contribution in [0.2, 0.25) is 0 Å². The summed E-state index contributed by atoms with van der Waals surface area (Å²) in [6.07, 6.45) is 13.9. The van der Waals surface area contributed by atoms with Gasteiger partial charge in [0.1, 0.15) is 11.9 Å². The van der Waals surface area contributed by atoms with E-state index in [0.717, 1.165) is 25.7 Å². The Hall–Kier alpha value is -1.68. The second kappa shape index (κ2) is 13.5. The minimum Gasteiger partial charge on any atom is -0.457 e.